The van der Waals surface area contributed by atoms with Crippen molar-refractivity contribution < 1.29 is 23.9 Å². The second-order valence-electron chi connectivity index (χ2n) is 4.59. The zero-order valence-corrected chi connectivity index (χ0v) is 12.8. The van der Waals surface area contributed by atoms with Crippen LogP contribution in [0.25, 0.3) is 0 Å². The quantitative estimate of drug-likeness (QED) is 0.642. The Bertz CT molecular complexity index is 725. The Morgan fingerprint density at radius 1 is 1.35 bits per heavy atom. The number of methoxy groups -OCH3 is 1. The molecule has 2 rings (SSSR count). The third kappa shape index (κ3) is 4.08. The first-order valence-electron chi connectivity index (χ1n) is 6.50. The normalized spacial score (nSPS) is 11.8. The number of aliphatic hydroxyl groups is 1. The minimum Gasteiger partial charge on any atom is -0.494 e. The lowest BCUT2D eigenvalue weighted by Gasteiger charge is -2.13. The molecule has 23 heavy (non-hydrogen) atoms. The van der Waals surface area contributed by atoms with Crippen LogP contribution < -0.4 is 9.47 Å². The van der Waals surface area contributed by atoms with Gasteiger partial charge in [0.2, 0.25) is 0 Å². The van der Waals surface area contributed by atoms with Gasteiger partial charge < -0.3 is 14.6 Å². The third-order valence-corrected chi connectivity index (χ3v) is 3.39. The van der Waals surface area contributed by atoms with E-state index in [1.807, 2.05) is 0 Å². The summed E-state index contributed by atoms with van der Waals surface area (Å²) in [6, 6.07) is 7.91. The largest absolute Gasteiger partial charge is 0.494 e. The van der Waals surface area contributed by atoms with Crippen molar-refractivity contribution in [1.82, 2.24) is 0 Å². The average molecular weight is 342 g/mol. The van der Waals surface area contributed by atoms with E-state index in [1.54, 1.807) is 0 Å². The first kappa shape index (κ1) is 17.0. The highest BCUT2D eigenvalue weighted by Gasteiger charge is 2.15. The molecular formula is C15H13ClFNO5. The van der Waals surface area contributed by atoms with Crippen LogP contribution in [0.4, 0.5) is 10.1 Å². The van der Waals surface area contributed by atoms with Crippen molar-refractivity contribution in [3.63, 3.8) is 0 Å². The van der Waals surface area contributed by atoms with E-state index in [0.29, 0.717) is 5.56 Å². The fraction of sp³-hybridized carbons (Fsp3) is 0.200. The summed E-state index contributed by atoms with van der Waals surface area (Å²) in [4.78, 5) is 10.1. The molecule has 2 aromatic rings. The second kappa shape index (κ2) is 7.26. The molecule has 0 bridgehead atoms. The van der Waals surface area contributed by atoms with E-state index in [0.717, 1.165) is 6.07 Å². The summed E-state index contributed by atoms with van der Waals surface area (Å²) in [5, 5.41) is 20.6. The Balaban J connectivity index is 2.04. The molecule has 6 nitrogen and oxygen atoms in total. The molecule has 0 aliphatic heterocycles. The zero-order chi connectivity index (χ0) is 17.0. The van der Waals surface area contributed by atoms with Crippen molar-refractivity contribution in [3.05, 3.63) is 62.9 Å². The number of rotatable bonds is 6. The number of nitro benzene ring substituents is 1. The smallest absolute Gasteiger partial charge is 0.288 e. The minimum atomic E-state index is -1.08. The van der Waals surface area contributed by atoms with Crippen LogP contribution in [0.1, 0.15) is 11.7 Å². The van der Waals surface area contributed by atoms with Gasteiger partial charge in [-0.2, -0.15) is 0 Å². The molecule has 0 fully saturated rings. The lowest BCUT2D eigenvalue weighted by atomic mass is 10.1. The number of hydrogen-bond acceptors (Lipinski definition) is 5. The fourth-order valence-corrected chi connectivity index (χ4v) is 2.13. The Morgan fingerprint density at radius 2 is 2.09 bits per heavy atom. The van der Waals surface area contributed by atoms with E-state index in [9.17, 15) is 19.6 Å². The third-order valence-electron chi connectivity index (χ3n) is 3.08. The van der Waals surface area contributed by atoms with Gasteiger partial charge in [-0.15, -0.1) is 0 Å². The highest BCUT2D eigenvalue weighted by Crippen LogP contribution is 2.29. The van der Waals surface area contributed by atoms with Gasteiger partial charge in [0, 0.05) is 12.1 Å². The van der Waals surface area contributed by atoms with Crippen molar-refractivity contribution in [2.24, 2.45) is 0 Å². The van der Waals surface area contributed by atoms with Gasteiger partial charge in [-0.25, -0.2) is 4.39 Å². The van der Waals surface area contributed by atoms with Crippen LogP contribution in [0.2, 0.25) is 5.02 Å². The molecular weight excluding hydrogens is 329 g/mol. The van der Waals surface area contributed by atoms with Crippen molar-refractivity contribution in [1.29, 1.82) is 0 Å². The summed E-state index contributed by atoms with van der Waals surface area (Å²) >= 11 is 5.76. The number of nitrogens with zero attached hydrogens (tertiary/aromatic N) is 1. The number of hydrogen-bond donors (Lipinski definition) is 1. The zero-order valence-electron chi connectivity index (χ0n) is 12.0. The highest BCUT2D eigenvalue weighted by molar-refractivity contribution is 6.32. The Labute approximate surface area is 136 Å². The molecule has 0 heterocycles. The predicted octanol–water partition coefficient (Wildman–Crippen LogP) is 3.51. The van der Waals surface area contributed by atoms with Gasteiger partial charge in [-0.3, -0.25) is 10.1 Å². The molecule has 1 unspecified atom stereocenters. The number of halogens is 2. The maximum absolute atomic E-state index is 13.6. The van der Waals surface area contributed by atoms with E-state index in [1.165, 1.54) is 37.4 Å². The van der Waals surface area contributed by atoms with Gasteiger partial charge >= 0.3 is 0 Å². The van der Waals surface area contributed by atoms with Crippen LogP contribution in [0.15, 0.2) is 36.4 Å². The van der Waals surface area contributed by atoms with E-state index in [4.69, 9.17) is 21.1 Å². The molecule has 0 aliphatic rings. The summed E-state index contributed by atoms with van der Waals surface area (Å²) in [6.07, 6.45) is -1.08. The van der Waals surface area contributed by atoms with Crippen molar-refractivity contribution in [3.8, 4) is 11.5 Å². The molecule has 122 valence electrons. The molecule has 8 heteroatoms. The Morgan fingerprint density at radius 3 is 2.65 bits per heavy atom. The molecule has 0 saturated carbocycles. The summed E-state index contributed by atoms with van der Waals surface area (Å²) in [6.45, 7) is -0.167. The van der Waals surface area contributed by atoms with Gasteiger partial charge in [0.1, 0.15) is 23.5 Å². The van der Waals surface area contributed by atoms with Gasteiger partial charge in [-0.05, 0) is 23.8 Å². The first-order chi connectivity index (χ1) is 10.9. The van der Waals surface area contributed by atoms with E-state index < -0.39 is 16.8 Å². The lowest BCUT2D eigenvalue weighted by Crippen LogP contribution is -2.10. The molecule has 0 aromatic heterocycles. The van der Waals surface area contributed by atoms with Crippen molar-refractivity contribution in [2.45, 2.75) is 6.10 Å². The van der Waals surface area contributed by atoms with Gasteiger partial charge in [0.05, 0.1) is 12.0 Å². The summed E-state index contributed by atoms with van der Waals surface area (Å²) in [5.74, 6) is -0.264. The maximum Gasteiger partial charge on any atom is 0.288 e. The van der Waals surface area contributed by atoms with Crippen LogP contribution in [-0.2, 0) is 0 Å². The van der Waals surface area contributed by atoms with Crippen LogP contribution in [0, 0.1) is 15.9 Å². The summed E-state index contributed by atoms with van der Waals surface area (Å²) in [5.41, 5.74) is 0.0769. The fourth-order valence-electron chi connectivity index (χ4n) is 1.89. The minimum absolute atomic E-state index is 0.0718. The first-order valence-corrected chi connectivity index (χ1v) is 6.88. The molecule has 0 aliphatic carbocycles. The topological polar surface area (TPSA) is 81.8 Å². The molecule has 1 atom stereocenters. The van der Waals surface area contributed by atoms with E-state index in [-0.39, 0.29) is 28.8 Å². The number of ether oxygens (including phenoxy) is 2. The summed E-state index contributed by atoms with van der Waals surface area (Å²) in [7, 11) is 1.34. The van der Waals surface area contributed by atoms with Crippen LogP contribution in [0.5, 0.6) is 11.5 Å². The predicted molar refractivity (Wildman–Crippen MR) is 81.5 cm³/mol. The van der Waals surface area contributed by atoms with Gasteiger partial charge in [-0.1, -0.05) is 17.7 Å². The molecule has 0 amide bonds. The average Bonchev–Trinajstić information content (AvgIpc) is 2.52. The maximum atomic E-state index is 13.6. The SMILES string of the molecule is COc1ccc(C(O)COc2ccc([N+](=O)[O-])c(Cl)c2)cc1F. The van der Waals surface area contributed by atoms with Gasteiger partial charge in [0.25, 0.3) is 5.69 Å². The Hall–Kier alpha value is -2.38. The van der Waals surface area contributed by atoms with E-state index >= 15 is 0 Å². The second-order valence-corrected chi connectivity index (χ2v) is 5.00. The summed E-state index contributed by atoms with van der Waals surface area (Å²) < 4.78 is 23.7. The van der Waals surface area contributed by atoms with Crippen molar-refractivity contribution in [2.75, 3.05) is 13.7 Å². The standard InChI is InChI=1S/C15H13ClFNO5/c1-22-15-5-2-9(6-12(15)17)14(19)8-23-10-3-4-13(18(20)21)11(16)7-10/h2-7,14,19H,8H2,1H3. The number of nitro groups is 1. The Kier molecular flexibility index (Phi) is 5.36. The van der Waals surface area contributed by atoms with Crippen LogP contribution >= 0.6 is 11.6 Å². The van der Waals surface area contributed by atoms with Crippen LogP contribution in [0.3, 0.4) is 0 Å². The van der Waals surface area contributed by atoms with Crippen LogP contribution in [-0.4, -0.2) is 23.7 Å². The monoisotopic (exact) mass is 341 g/mol. The van der Waals surface area contributed by atoms with E-state index in [2.05, 4.69) is 0 Å². The number of benzene rings is 2. The molecule has 0 spiro atoms. The highest BCUT2D eigenvalue weighted by atomic mass is 35.5. The van der Waals surface area contributed by atoms with Crippen molar-refractivity contribution >= 4 is 17.3 Å². The molecule has 0 radical (unpaired) electrons. The molecule has 0 saturated heterocycles. The molecule has 1 N–H and O–H groups in total. The van der Waals surface area contributed by atoms with Gasteiger partial charge in [0.15, 0.2) is 11.6 Å². The number of aliphatic hydroxyl groups excluding tert-OH is 1. The molecule has 2 aromatic carbocycles. The lowest BCUT2D eigenvalue weighted by molar-refractivity contribution is -0.384.